The van der Waals surface area contributed by atoms with Gasteiger partial charge in [0.15, 0.2) is 0 Å². The summed E-state index contributed by atoms with van der Waals surface area (Å²) in [5.74, 6) is -1.82. The molecular weight excluding hydrogens is 583 g/mol. The van der Waals surface area contributed by atoms with E-state index < -0.39 is 11.9 Å². The van der Waals surface area contributed by atoms with Crippen LogP contribution in [0.3, 0.4) is 0 Å². The molecule has 0 aromatic heterocycles. The van der Waals surface area contributed by atoms with E-state index in [-0.39, 0.29) is 21.1 Å². The van der Waals surface area contributed by atoms with Gasteiger partial charge in [-0.05, 0) is 37.1 Å². The Balaban J connectivity index is 0.000000506. The predicted molar refractivity (Wildman–Crippen MR) is 152 cm³/mol. The first-order valence-electron chi connectivity index (χ1n) is 11.7. The summed E-state index contributed by atoms with van der Waals surface area (Å²) in [7, 11) is 0. The van der Waals surface area contributed by atoms with Crippen LogP contribution in [0.25, 0.3) is 12.2 Å². The van der Waals surface area contributed by atoms with Gasteiger partial charge in [0.2, 0.25) is 0 Å². The zero-order valence-electron chi connectivity index (χ0n) is 21.0. The van der Waals surface area contributed by atoms with Crippen molar-refractivity contribution in [3.63, 3.8) is 0 Å². The Kier molecular flexibility index (Phi) is 19.2. The molecule has 2 N–H and O–H groups in total. The number of benzene rings is 2. The molecule has 35 heavy (non-hydrogen) atoms. The van der Waals surface area contributed by atoms with Gasteiger partial charge < -0.3 is 35.5 Å². The Morgan fingerprint density at radius 1 is 0.771 bits per heavy atom. The third kappa shape index (κ3) is 18.1. The molecule has 2 aromatic carbocycles. The van der Waals surface area contributed by atoms with Crippen LogP contribution in [-0.2, 0) is 34.8 Å². The number of hydrogen-bond acceptors (Lipinski definition) is 4. The van der Waals surface area contributed by atoms with E-state index in [1.54, 1.807) is 59.1 Å². The van der Waals surface area contributed by atoms with Gasteiger partial charge in [-0.3, -0.25) is 0 Å². The fourth-order valence-electron chi connectivity index (χ4n) is 2.56. The monoisotopic (exact) mass is 620 g/mol. The summed E-state index contributed by atoms with van der Waals surface area (Å²) < 4.78 is 3.25. The summed E-state index contributed by atoms with van der Waals surface area (Å²) in [4.78, 5) is 22.4. The maximum atomic E-state index is 10.5. The Morgan fingerprint density at radius 3 is 1.43 bits per heavy atom. The Hall–Kier alpha value is -1.90. The van der Waals surface area contributed by atoms with E-state index in [1.165, 1.54) is 25.7 Å². The summed E-state index contributed by atoms with van der Waals surface area (Å²) in [6.45, 7) is 7.69. The Labute approximate surface area is 232 Å². The number of rotatable bonds is 10. The normalized spacial score (nSPS) is 10.7. The molecule has 0 heterocycles. The van der Waals surface area contributed by atoms with Crippen molar-refractivity contribution >= 4 is 70.5 Å². The van der Waals surface area contributed by atoms with Crippen molar-refractivity contribution < 1.29 is 19.8 Å². The molecule has 0 unspecified atom stereocenters. The summed E-state index contributed by atoms with van der Waals surface area (Å²) in [5, 5.41) is 17.2. The molecule has 0 aliphatic rings. The first kappa shape index (κ1) is 33.1. The molecule has 2 aromatic rings. The summed E-state index contributed by atoms with van der Waals surface area (Å²) >= 11 is 10.0. The Bertz CT molecular complexity index is 893. The second kappa shape index (κ2) is 20.3. The van der Waals surface area contributed by atoms with Gasteiger partial charge >= 0.3 is 81.5 Å². The zero-order valence-corrected chi connectivity index (χ0v) is 25.5. The molecule has 4 nitrogen and oxygen atoms in total. The van der Waals surface area contributed by atoms with Crippen LogP contribution in [0.1, 0.15) is 64.5 Å². The molecule has 0 amide bonds. The average Bonchev–Trinajstić information content (AvgIpc) is 2.80. The number of hydrogen-bond donors (Lipinski definition) is 2. The molecule has 0 spiro atoms. The van der Waals surface area contributed by atoms with Gasteiger partial charge in [0.05, 0.1) is 0 Å². The molecular formula is C28H36O4S2Sn. The Morgan fingerprint density at radius 2 is 1.14 bits per heavy atom. The molecule has 7 heteroatoms. The van der Waals surface area contributed by atoms with Gasteiger partial charge in [-0.1, -0.05) is 48.5 Å². The maximum absolute atomic E-state index is 10.5. The standard InChI is InChI=1S/2C10H10O2S.2C4H9.Sn/c2*1-7(10(11)12)5-8-3-2-4-9(13)6-8;2*1-3-4-2;/h2*2-6,13H,1H3,(H,11,12);2*1,3-4H2,2H3;/q;;;;+2/p-2. The van der Waals surface area contributed by atoms with E-state index in [9.17, 15) is 9.59 Å². The van der Waals surface area contributed by atoms with Gasteiger partial charge in [-0.2, -0.15) is 9.79 Å². The van der Waals surface area contributed by atoms with Crippen LogP contribution < -0.4 is 0 Å². The molecule has 2 rings (SSSR count). The van der Waals surface area contributed by atoms with E-state index in [0.29, 0.717) is 20.9 Å². The van der Waals surface area contributed by atoms with Gasteiger partial charge in [-0.15, -0.1) is 0 Å². The fraction of sp³-hybridized carbons (Fsp3) is 0.357. The van der Waals surface area contributed by atoms with Crippen LogP contribution in [0.2, 0.25) is 8.87 Å². The third-order valence-electron chi connectivity index (χ3n) is 4.57. The number of carbonyl (C=O) groups is 2. The fourth-order valence-corrected chi connectivity index (χ4v) is 7.15. The molecule has 0 aliphatic carbocycles. The van der Waals surface area contributed by atoms with E-state index in [1.807, 2.05) is 24.3 Å². The summed E-state index contributed by atoms with van der Waals surface area (Å²) in [6.07, 6.45) is 9.03. The first-order chi connectivity index (χ1) is 16.6. The molecule has 0 bridgehead atoms. The molecule has 188 valence electrons. The van der Waals surface area contributed by atoms with Crippen LogP contribution in [0.4, 0.5) is 0 Å². The van der Waals surface area contributed by atoms with E-state index in [2.05, 4.69) is 13.8 Å². The molecule has 0 saturated carbocycles. The quantitative estimate of drug-likeness (QED) is 0.126. The number of carboxylic acid groups (broad SMARTS) is 2. The van der Waals surface area contributed by atoms with E-state index >= 15 is 0 Å². The van der Waals surface area contributed by atoms with Crippen molar-refractivity contribution in [2.45, 2.75) is 72.0 Å². The van der Waals surface area contributed by atoms with E-state index in [0.717, 1.165) is 11.1 Å². The molecule has 0 atom stereocenters. The van der Waals surface area contributed by atoms with Crippen molar-refractivity contribution in [1.82, 2.24) is 0 Å². The predicted octanol–water partition coefficient (Wildman–Crippen LogP) is 7.29. The van der Waals surface area contributed by atoms with Crippen LogP contribution in [0, 0.1) is 0 Å². The van der Waals surface area contributed by atoms with Gasteiger partial charge in [0.1, 0.15) is 0 Å². The molecule has 0 aliphatic heterocycles. The van der Waals surface area contributed by atoms with Crippen molar-refractivity contribution in [2.24, 2.45) is 0 Å². The van der Waals surface area contributed by atoms with E-state index in [4.69, 9.17) is 35.5 Å². The number of unbranched alkanes of at least 4 members (excludes halogenated alkanes) is 2. The van der Waals surface area contributed by atoms with Gasteiger partial charge in [0, 0.05) is 11.1 Å². The SMILES string of the molecule is CC(=Cc1cccc([S-])c1)C(=O)O.CC(=Cc1cccc([S-])c1)C(=O)O.CCC[CH2][Sn+2][CH2]CCC. The molecule has 0 fully saturated rings. The minimum atomic E-state index is -0.908. The average molecular weight is 619 g/mol. The van der Waals surface area contributed by atoms with Crippen molar-refractivity contribution in [3.05, 3.63) is 70.8 Å². The molecule has 0 saturated heterocycles. The first-order valence-corrected chi connectivity index (χ1v) is 16.5. The number of aliphatic carboxylic acids is 2. The number of carboxylic acids is 2. The second-order valence-electron chi connectivity index (χ2n) is 7.87. The zero-order chi connectivity index (χ0) is 26.6. The summed E-state index contributed by atoms with van der Waals surface area (Å²) in [5.41, 5.74) is 2.26. The van der Waals surface area contributed by atoms with Gasteiger partial charge in [-0.25, -0.2) is 9.59 Å². The second-order valence-corrected chi connectivity index (χ2v) is 13.1. The van der Waals surface area contributed by atoms with Gasteiger partial charge in [0.25, 0.3) is 0 Å². The third-order valence-corrected chi connectivity index (χ3v) is 9.12. The van der Waals surface area contributed by atoms with Crippen molar-refractivity contribution in [3.8, 4) is 0 Å². The van der Waals surface area contributed by atoms with Crippen molar-refractivity contribution in [1.29, 1.82) is 0 Å². The van der Waals surface area contributed by atoms with Crippen LogP contribution in [0.5, 0.6) is 0 Å². The van der Waals surface area contributed by atoms with Crippen LogP contribution in [0.15, 0.2) is 69.5 Å². The molecule has 0 radical (unpaired) electrons. The summed E-state index contributed by atoms with van der Waals surface area (Å²) in [6, 6.07) is 14.4. The van der Waals surface area contributed by atoms with Crippen LogP contribution >= 0.6 is 0 Å². The van der Waals surface area contributed by atoms with Crippen molar-refractivity contribution in [2.75, 3.05) is 0 Å². The van der Waals surface area contributed by atoms with Crippen LogP contribution in [-0.4, -0.2) is 43.3 Å². The topological polar surface area (TPSA) is 74.6 Å². The minimum absolute atomic E-state index is 0.149.